The van der Waals surface area contributed by atoms with Crippen LogP contribution in [-0.2, 0) is 11.3 Å². The third kappa shape index (κ3) is 3.97. The molecule has 1 aromatic carbocycles. The Bertz CT molecular complexity index is 985. The number of aromatic amines is 1. The average molecular weight is 356 g/mol. The van der Waals surface area contributed by atoms with Gasteiger partial charge in [0.05, 0.1) is 17.1 Å². The normalized spacial score (nSPS) is 11.2. The quantitative estimate of drug-likeness (QED) is 0.541. The lowest BCUT2D eigenvalue weighted by Gasteiger charge is -2.11. The second-order valence-corrected chi connectivity index (χ2v) is 5.47. The van der Waals surface area contributed by atoms with Crippen molar-refractivity contribution < 1.29 is 9.90 Å². The fourth-order valence-corrected chi connectivity index (χ4v) is 2.34. The van der Waals surface area contributed by atoms with Crippen LogP contribution < -0.4 is 16.6 Å². The van der Waals surface area contributed by atoms with E-state index in [0.29, 0.717) is 17.8 Å². The Hall–Kier alpha value is -3.42. The van der Waals surface area contributed by atoms with Crippen LogP contribution >= 0.6 is 0 Å². The highest BCUT2D eigenvalue weighted by molar-refractivity contribution is 6.03. The lowest BCUT2D eigenvalue weighted by molar-refractivity contribution is -0.115. The molecule has 2 rings (SSSR count). The molecule has 1 heterocycles. The first-order chi connectivity index (χ1) is 12.4. The fourth-order valence-electron chi connectivity index (χ4n) is 2.34. The molecule has 0 unspecified atom stereocenters. The van der Waals surface area contributed by atoms with Gasteiger partial charge in [-0.15, -0.1) is 6.58 Å². The molecule has 1 aromatic heterocycles. The second kappa shape index (κ2) is 8.11. The van der Waals surface area contributed by atoms with E-state index in [1.807, 2.05) is 0 Å². The number of aromatic hydroxyl groups is 1. The Morgan fingerprint density at radius 2 is 2.08 bits per heavy atom. The molecule has 0 aliphatic carbocycles. The zero-order chi connectivity index (χ0) is 19.3. The Morgan fingerprint density at radius 3 is 2.73 bits per heavy atom. The molecule has 0 saturated carbocycles. The fraction of sp³-hybridized carbons (Fsp3) is 0.222. The highest BCUT2D eigenvalue weighted by Gasteiger charge is 2.16. The Kier molecular flexibility index (Phi) is 5.90. The van der Waals surface area contributed by atoms with Crippen LogP contribution in [0.4, 0.5) is 11.4 Å². The molecule has 0 spiro atoms. The molecular formula is C18H20N4O4. The van der Waals surface area contributed by atoms with Crippen LogP contribution in [0.2, 0.25) is 0 Å². The highest BCUT2D eigenvalue weighted by atomic mass is 16.3. The first-order valence-corrected chi connectivity index (χ1v) is 8.00. The molecule has 0 radical (unpaired) electrons. The molecule has 8 heteroatoms. The summed E-state index contributed by atoms with van der Waals surface area (Å²) in [5.74, 6) is -0.666. The van der Waals surface area contributed by atoms with Gasteiger partial charge in [0.1, 0.15) is 5.56 Å². The molecule has 136 valence electrons. The SMILES string of the molecule is C=CCn1c(O)c(C(C)=Nc2ccccc2NC(=O)CC)c(=O)[nH]c1=O. The number of hydrogen-bond acceptors (Lipinski definition) is 5. The molecular weight excluding hydrogens is 336 g/mol. The van der Waals surface area contributed by atoms with Crippen molar-refractivity contribution >= 4 is 23.0 Å². The first kappa shape index (κ1) is 18.9. The van der Waals surface area contributed by atoms with Crippen LogP contribution in [0.25, 0.3) is 0 Å². The smallest absolute Gasteiger partial charge is 0.331 e. The van der Waals surface area contributed by atoms with Crippen LogP contribution in [0, 0.1) is 0 Å². The summed E-state index contributed by atoms with van der Waals surface area (Å²) in [4.78, 5) is 42.1. The third-order valence-corrected chi connectivity index (χ3v) is 3.63. The minimum atomic E-state index is -0.746. The average Bonchev–Trinajstić information content (AvgIpc) is 2.60. The van der Waals surface area contributed by atoms with Gasteiger partial charge >= 0.3 is 5.69 Å². The van der Waals surface area contributed by atoms with Crippen LogP contribution in [0.5, 0.6) is 5.88 Å². The summed E-state index contributed by atoms with van der Waals surface area (Å²) < 4.78 is 0.980. The van der Waals surface area contributed by atoms with Crippen LogP contribution in [0.1, 0.15) is 25.8 Å². The summed E-state index contributed by atoms with van der Waals surface area (Å²) in [6, 6.07) is 6.83. The number of nitrogens with zero attached hydrogens (tertiary/aromatic N) is 2. The van der Waals surface area contributed by atoms with E-state index < -0.39 is 17.1 Å². The lowest BCUT2D eigenvalue weighted by atomic mass is 10.2. The van der Waals surface area contributed by atoms with Crippen LogP contribution in [0.15, 0.2) is 51.5 Å². The van der Waals surface area contributed by atoms with E-state index in [4.69, 9.17) is 0 Å². The Labute approximate surface area is 149 Å². The molecule has 8 nitrogen and oxygen atoms in total. The molecule has 26 heavy (non-hydrogen) atoms. The number of anilines is 1. The van der Waals surface area contributed by atoms with Crippen molar-refractivity contribution in [1.82, 2.24) is 9.55 Å². The molecule has 0 aliphatic heterocycles. The van der Waals surface area contributed by atoms with Gasteiger partial charge in [-0.25, -0.2) is 4.79 Å². The van der Waals surface area contributed by atoms with E-state index >= 15 is 0 Å². The number of nitrogens with one attached hydrogen (secondary N) is 2. The molecule has 3 N–H and O–H groups in total. The Morgan fingerprint density at radius 1 is 1.38 bits per heavy atom. The van der Waals surface area contributed by atoms with E-state index in [1.54, 1.807) is 31.2 Å². The van der Waals surface area contributed by atoms with Crippen molar-refractivity contribution in [3.8, 4) is 5.88 Å². The van der Waals surface area contributed by atoms with E-state index in [2.05, 4.69) is 21.9 Å². The van der Waals surface area contributed by atoms with Gasteiger partial charge in [0.2, 0.25) is 11.8 Å². The summed E-state index contributed by atoms with van der Waals surface area (Å²) in [6.45, 7) is 6.81. The van der Waals surface area contributed by atoms with Gasteiger partial charge in [0, 0.05) is 13.0 Å². The maximum atomic E-state index is 12.2. The molecule has 0 fully saturated rings. The number of benzene rings is 1. The number of aliphatic imine (C=N–C) groups is 1. The van der Waals surface area contributed by atoms with Crippen molar-refractivity contribution in [2.45, 2.75) is 26.8 Å². The minimum Gasteiger partial charge on any atom is -0.494 e. The molecule has 0 bridgehead atoms. The topological polar surface area (TPSA) is 117 Å². The van der Waals surface area contributed by atoms with Gasteiger partial charge in [-0.3, -0.25) is 24.1 Å². The van der Waals surface area contributed by atoms with Crippen molar-refractivity contribution in [2.24, 2.45) is 4.99 Å². The number of H-pyrrole nitrogens is 1. The van der Waals surface area contributed by atoms with E-state index in [9.17, 15) is 19.5 Å². The number of carbonyl (C=O) groups is 1. The number of carbonyl (C=O) groups excluding carboxylic acids is 1. The minimum absolute atomic E-state index is 0.0326. The standard InChI is InChI=1S/C18H20N4O4/c1-4-10-22-17(25)15(16(24)21-18(22)26)11(3)19-12-8-6-7-9-13(12)20-14(23)5-2/h4,6-9,25H,1,5,10H2,2-3H3,(H,20,23)(H,21,24,26). The van der Waals surface area contributed by atoms with Crippen LogP contribution in [-0.4, -0.2) is 26.3 Å². The van der Waals surface area contributed by atoms with E-state index in [-0.39, 0.29) is 23.7 Å². The first-order valence-electron chi connectivity index (χ1n) is 8.00. The summed E-state index contributed by atoms with van der Waals surface area (Å²) in [6.07, 6.45) is 1.73. The van der Waals surface area contributed by atoms with Crippen molar-refractivity contribution in [3.63, 3.8) is 0 Å². The monoisotopic (exact) mass is 356 g/mol. The summed E-state index contributed by atoms with van der Waals surface area (Å²) in [5.41, 5.74) is -0.507. The number of amides is 1. The third-order valence-electron chi connectivity index (χ3n) is 3.63. The van der Waals surface area contributed by atoms with Crippen molar-refractivity contribution in [3.05, 3.63) is 63.3 Å². The van der Waals surface area contributed by atoms with Gasteiger partial charge in [-0.05, 0) is 19.1 Å². The predicted molar refractivity (Wildman–Crippen MR) is 100 cm³/mol. The molecule has 0 atom stereocenters. The number of allylic oxidation sites excluding steroid dienone is 1. The summed E-state index contributed by atoms with van der Waals surface area (Å²) >= 11 is 0. The van der Waals surface area contributed by atoms with Gasteiger partial charge in [-0.1, -0.05) is 25.1 Å². The van der Waals surface area contributed by atoms with Gasteiger partial charge in [-0.2, -0.15) is 0 Å². The van der Waals surface area contributed by atoms with Gasteiger partial charge < -0.3 is 10.4 Å². The zero-order valence-electron chi connectivity index (χ0n) is 14.6. The van der Waals surface area contributed by atoms with Gasteiger partial charge in [0.15, 0.2) is 0 Å². The number of hydrogen-bond donors (Lipinski definition) is 3. The second-order valence-electron chi connectivity index (χ2n) is 5.47. The summed E-state index contributed by atoms with van der Waals surface area (Å²) in [5, 5.41) is 13.1. The highest BCUT2D eigenvalue weighted by Crippen LogP contribution is 2.26. The van der Waals surface area contributed by atoms with Crippen LogP contribution in [0.3, 0.4) is 0 Å². The predicted octanol–water partition coefficient (Wildman–Crippen LogP) is 1.92. The molecule has 2 aromatic rings. The van der Waals surface area contributed by atoms with Gasteiger partial charge in [0.25, 0.3) is 5.56 Å². The van der Waals surface area contributed by atoms with Crippen molar-refractivity contribution in [1.29, 1.82) is 0 Å². The molecule has 1 amide bonds. The number of para-hydroxylation sites is 2. The molecule has 0 aliphatic rings. The van der Waals surface area contributed by atoms with E-state index in [0.717, 1.165) is 4.57 Å². The summed E-state index contributed by atoms with van der Waals surface area (Å²) in [7, 11) is 0. The maximum Gasteiger partial charge on any atom is 0.331 e. The van der Waals surface area contributed by atoms with Crippen molar-refractivity contribution in [2.75, 3.05) is 5.32 Å². The molecule has 0 saturated heterocycles. The largest absolute Gasteiger partial charge is 0.494 e. The maximum absolute atomic E-state index is 12.2. The Balaban J connectivity index is 2.57. The lowest BCUT2D eigenvalue weighted by Crippen LogP contribution is -2.33. The zero-order valence-corrected chi connectivity index (χ0v) is 14.6. The number of rotatable bonds is 6. The van der Waals surface area contributed by atoms with E-state index in [1.165, 1.54) is 13.0 Å². The number of aromatic nitrogens is 2.